The van der Waals surface area contributed by atoms with E-state index in [0.29, 0.717) is 13.1 Å². The van der Waals surface area contributed by atoms with Gasteiger partial charge in [-0.1, -0.05) is 0 Å². The van der Waals surface area contributed by atoms with Crippen molar-refractivity contribution in [3.05, 3.63) is 0 Å². The van der Waals surface area contributed by atoms with Crippen LogP contribution in [0.1, 0.15) is 6.42 Å². The Morgan fingerprint density at radius 3 is 3.00 bits per heavy atom. The van der Waals surface area contributed by atoms with Gasteiger partial charge in [-0.2, -0.15) is 11.8 Å². The Morgan fingerprint density at radius 2 is 2.43 bits per heavy atom. The molecule has 2 atom stereocenters. The fraction of sp³-hybridized carbons (Fsp3) is 0.889. The number of hydrogen-bond acceptors (Lipinski definition) is 4. The number of aliphatic hydroxyl groups excluding tert-OH is 1. The Labute approximate surface area is 88.0 Å². The summed E-state index contributed by atoms with van der Waals surface area (Å²) in [5.41, 5.74) is 0. The topological polar surface area (TPSA) is 52.6 Å². The van der Waals surface area contributed by atoms with Crippen LogP contribution in [0.15, 0.2) is 0 Å². The van der Waals surface area contributed by atoms with Crippen LogP contribution >= 0.6 is 11.8 Å². The predicted molar refractivity (Wildman–Crippen MR) is 56.3 cm³/mol. The number of β-amino-alcohol motifs (C(OH)–C–C–N with tert-alkyl or cyclic N) is 1. The quantitative estimate of drug-likeness (QED) is 0.608. The molecule has 0 aromatic heterocycles. The number of amides is 1. The van der Waals surface area contributed by atoms with Gasteiger partial charge in [0.1, 0.15) is 0 Å². The number of rotatable bonds is 1. The monoisotopic (exact) mass is 216 g/mol. The average molecular weight is 216 g/mol. The van der Waals surface area contributed by atoms with Crippen molar-refractivity contribution in [2.75, 3.05) is 31.1 Å². The van der Waals surface area contributed by atoms with E-state index in [2.05, 4.69) is 5.32 Å². The molecule has 2 heterocycles. The fourth-order valence-corrected chi connectivity index (χ4v) is 2.81. The number of thioether (sulfide) groups is 1. The van der Waals surface area contributed by atoms with Crippen molar-refractivity contribution in [1.82, 2.24) is 10.2 Å². The number of likely N-dealkylation sites (tertiary alicyclic amines) is 1. The van der Waals surface area contributed by atoms with Gasteiger partial charge in [-0.15, -0.1) is 0 Å². The van der Waals surface area contributed by atoms with Crippen LogP contribution in [0.3, 0.4) is 0 Å². The molecule has 2 fully saturated rings. The maximum absolute atomic E-state index is 11.9. The minimum atomic E-state index is -0.310. The first kappa shape index (κ1) is 10.3. The van der Waals surface area contributed by atoms with Crippen LogP contribution in [0.4, 0.5) is 0 Å². The third kappa shape index (κ3) is 2.21. The van der Waals surface area contributed by atoms with Crippen LogP contribution in [0.5, 0.6) is 0 Å². The van der Waals surface area contributed by atoms with Gasteiger partial charge >= 0.3 is 0 Å². The fourth-order valence-electron chi connectivity index (χ4n) is 1.89. The van der Waals surface area contributed by atoms with Crippen molar-refractivity contribution in [2.45, 2.75) is 18.6 Å². The van der Waals surface area contributed by atoms with E-state index >= 15 is 0 Å². The molecule has 2 aliphatic heterocycles. The second-order valence-corrected chi connectivity index (χ2v) is 4.96. The average Bonchev–Trinajstić information content (AvgIpc) is 2.65. The number of nitrogens with zero attached hydrogens (tertiary/aromatic N) is 1. The zero-order valence-electron chi connectivity index (χ0n) is 8.11. The molecule has 4 nitrogen and oxygen atoms in total. The number of carbonyl (C=O) groups excluding carboxylic acids is 1. The zero-order chi connectivity index (χ0) is 9.97. The van der Waals surface area contributed by atoms with Crippen LogP contribution in [0.2, 0.25) is 0 Å². The highest BCUT2D eigenvalue weighted by Crippen LogP contribution is 2.14. The second-order valence-electron chi connectivity index (χ2n) is 3.81. The zero-order valence-corrected chi connectivity index (χ0v) is 8.92. The Balaban J connectivity index is 1.87. The van der Waals surface area contributed by atoms with Crippen LogP contribution < -0.4 is 5.32 Å². The van der Waals surface area contributed by atoms with Crippen molar-refractivity contribution < 1.29 is 9.90 Å². The largest absolute Gasteiger partial charge is 0.391 e. The highest BCUT2D eigenvalue weighted by molar-refractivity contribution is 7.99. The predicted octanol–water partition coefficient (Wildman–Crippen LogP) is -0.715. The van der Waals surface area contributed by atoms with E-state index in [9.17, 15) is 9.90 Å². The van der Waals surface area contributed by atoms with Crippen LogP contribution in [-0.2, 0) is 4.79 Å². The lowest BCUT2D eigenvalue weighted by atomic mass is 10.3. The van der Waals surface area contributed by atoms with Crippen molar-refractivity contribution in [3.8, 4) is 0 Å². The minimum absolute atomic E-state index is 0.0287. The molecule has 0 spiro atoms. The lowest BCUT2D eigenvalue weighted by Gasteiger charge is -2.26. The summed E-state index contributed by atoms with van der Waals surface area (Å²) in [6, 6.07) is -0.0287. The van der Waals surface area contributed by atoms with Crippen LogP contribution in [-0.4, -0.2) is 59.2 Å². The third-order valence-electron chi connectivity index (χ3n) is 2.69. The number of nitrogens with one attached hydrogen (secondary N) is 1. The first-order chi connectivity index (χ1) is 6.77. The molecule has 80 valence electrons. The van der Waals surface area contributed by atoms with Gasteiger partial charge < -0.3 is 15.3 Å². The maximum Gasteiger partial charge on any atom is 0.240 e. The van der Waals surface area contributed by atoms with E-state index in [0.717, 1.165) is 24.5 Å². The van der Waals surface area contributed by atoms with E-state index in [1.54, 1.807) is 4.90 Å². The molecular weight excluding hydrogens is 200 g/mol. The van der Waals surface area contributed by atoms with Crippen molar-refractivity contribution in [1.29, 1.82) is 0 Å². The maximum atomic E-state index is 11.9. The number of carbonyl (C=O) groups is 1. The number of hydrogen-bond donors (Lipinski definition) is 2. The first-order valence-electron chi connectivity index (χ1n) is 5.05. The smallest absolute Gasteiger partial charge is 0.240 e. The highest BCUT2D eigenvalue weighted by atomic mass is 32.2. The normalized spacial score (nSPS) is 33.4. The van der Waals surface area contributed by atoms with E-state index in [1.165, 1.54) is 0 Å². The number of aliphatic hydroxyl groups is 1. The summed E-state index contributed by atoms with van der Waals surface area (Å²) < 4.78 is 0. The van der Waals surface area contributed by atoms with Gasteiger partial charge in [-0.05, 0) is 6.42 Å². The highest BCUT2D eigenvalue weighted by Gasteiger charge is 2.30. The molecule has 2 rings (SSSR count). The molecule has 0 bridgehead atoms. The van der Waals surface area contributed by atoms with Gasteiger partial charge in [0.25, 0.3) is 0 Å². The molecule has 2 N–H and O–H groups in total. The first-order valence-corrected chi connectivity index (χ1v) is 6.21. The summed E-state index contributed by atoms with van der Waals surface area (Å²) in [6.45, 7) is 2.14. The van der Waals surface area contributed by atoms with E-state index in [1.807, 2.05) is 11.8 Å². The molecule has 1 unspecified atom stereocenters. The van der Waals surface area contributed by atoms with E-state index < -0.39 is 0 Å². The summed E-state index contributed by atoms with van der Waals surface area (Å²) in [6.07, 6.45) is 0.418. The second kappa shape index (κ2) is 4.51. The molecule has 0 aromatic rings. The van der Waals surface area contributed by atoms with Crippen molar-refractivity contribution >= 4 is 17.7 Å². The summed E-state index contributed by atoms with van der Waals surface area (Å²) in [5.74, 6) is 2.12. The molecule has 2 aliphatic rings. The molecule has 0 saturated carbocycles. The van der Waals surface area contributed by atoms with Crippen LogP contribution in [0.25, 0.3) is 0 Å². The van der Waals surface area contributed by atoms with Gasteiger partial charge in [-0.3, -0.25) is 4.79 Å². The molecule has 0 aromatic carbocycles. The van der Waals surface area contributed by atoms with Gasteiger partial charge in [0, 0.05) is 31.1 Å². The molecule has 0 aliphatic carbocycles. The van der Waals surface area contributed by atoms with Gasteiger partial charge in [0.2, 0.25) is 5.91 Å². The standard InChI is InChI=1S/C9H16N2O2S/c12-7-1-3-11(5-7)9(13)8-6-14-4-2-10-8/h7-8,10,12H,1-6H2/t7-,8?/m1/s1. The SMILES string of the molecule is O=C(C1CSCCN1)N1CC[C@@H](O)C1. The van der Waals surface area contributed by atoms with Gasteiger partial charge in [0.15, 0.2) is 0 Å². The molecular formula is C9H16N2O2S. The lowest BCUT2D eigenvalue weighted by molar-refractivity contribution is -0.132. The Bertz CT molecular complexity index is 212. The third-order valence-corrected chi connectivity index (χ3v) is 3.76. The molecule has 1 amide bonds. The van der Waals surface area contributed by atoms with Gasteiger partial charge in [0.05, 0.1) is 12.1 Å². The summed E-state index contributed by atoms with van der Waals surface area (Å²) in [7, 11) is 0. The molecule has 0 radical (unpaired) electrons. The minimum Gasteiger partial charge on any atom is -0.391 e. The summed E-state index contributed by atoms with van der Waals surface area (Å²) in [5, 5.41) is 12.5. The lowest BCUT2D eigenvalue weighted by Crippen LogP contribution is -2.50. The molecule has 5 heteroatoms. The van der Waals surface area contributed by atoms with E-state index in [-0.39, 0.29) is 18.1 Å². The van der Waals surface area contributed by atoms with Crippen LogP contribution in [0, 0.1) is 0 Å². The summed E-state index contributed by atoms with van der Waals surface area (Å²) >= 11 is 1.82. The summed E-state index contributed by atoms with van der Waals surface area (Å²) in [4.78, 5) is 13.7. The Kier molecular flexibility index (Phi) is 3.30. The van der Waals surface area contributed by atoms with Crippen molar-refractivity contribution in [3.63, 3.8) is 0 Å². The van der Waals surface area contributed by atoms with Gasteiger partial charge in [-0.25, -0.2) is 0 Å². The molecule has 14 heavy (non-hydrogen) atoms. The Hall–Kier alpha value is -0.260. The molecule has 2 saturated heterocycles. The Morgan fingerprint density at radius 1 is 1.57 bits per heavy atom. The van der Waals surface area contributed by atoms with E-state index in [4.69, 9.17) is 0 Å². The van der Waals surface area contributed by atoms with Crippen molar-refractivity contribution in [2.24, 2.45) is 0 Å².